The third-order valence-electron chi connectivity index (χ3n) is 11.8. The average molecular weight is 992 g/mol. The molecule has 364 valence electrons. The Labute approximate surface area is 406 Å². The lowest BCUT2D eigenvalue weighted by molar-refractivity contribution is -0.870. The fourth-order valence-electron chi connectivity index (χ4n) is 8.40. The summed E-state index contributed by atoms with van der Waals surface area (Å²) in [6.45, 7) is -3.74. The zero-order valence-corrected chi connectivity index (χ0v) is 41.7. The van der Waals surface area contributed by atoms with Crippen LogP contribution in [0.25, 0.3) is 17.3 Å². The molecule has 0 saturated heterocycles. The van der Waals surface area contributed by atoms with Gasteiger partial charge < -0.3 is 41.4 Å². The molecule has 0 bridgehead atoms. The predicted molar refractivity (Wildman–Crippen MR) is 265 cm³/mol. The van der Waals surface area contributed by atoms with Crippen molar-refractivity contribution in [3.05, 3.63) is 113 Å². The first-order valence-corrected chi connectivity index (χ1v) is 26.7. The topological polar surface area (TPSA) is 160 Å². The summed E-state index contributed by atoms with van der Waals surface area (Å²) in [7, 11) is 7.57. The van der Waals surface area contributed by atoms with Crippen LogP contribution in [0.2, 0.25) is 0 Å². The average Bonchev–Trinajstić information content (AvgIpc) is 3.87. The molecular weight excluding hydrogens is 932 g/mol. The van der Waals surface area contributed by atoms with Gasteiger partial charge >= 0.3 is 6.97 Å². The third kappa shape index (κ3) is 14.2. The minimum absolute atomic E-state index is 0.0380. The highest BCUT2D eigenvalue weighted by Crippen LogP contribution is 2.42. The first-order valence-electron chi connectivity index (χ1n) is 22.8. The Kier molecular flexibility index (Phi) is 18.1. The number of aryl methyl sites for hydroxylation is 1. The number of carbonyl (C=O) groups excluding carboxylic acids is 3. The van der Waals surface area contributed by atoms with Crippen molar-refractivity contribution in [3.8, 4) is 22.8 Å². The number of unbranched alkanes of at least 4 members (excludes halogenated alkanes) is 2. The number of pyridine rings is 1. The van der Waals surface area contributed by atoms with Crippen molar-refractivity contribution in [2.75, 3.05) is 53.4 Å². The molecular formula is C49H60BF2N5O8S3. The summed E-state index contributed by atoms with van der Waals surface area (Å²) in [5, 5.41) is 3.37. The Morgan fingerprint density at radius 1 is 0.853 bits per heavy atom. The van der Waals surface area contributed by atoms with Crippen LogP contribution in [0.5, 0.6) is 11.5 Å². The zero-order chi connectivity index (χ0) is 49.1. The zero-order valence-electron chi connectivity index (χ0n) is 39.2. The lowest BCUT2D eigenvalue weighted by Gasteiger charge is -2.32. The summed E-state index contributed by atoms with van der Waals surface area (Å²) in [4.78, 5) is 43.6. The monoisotopic (exact) mass is 991 g/mol. The Bertz CT molecular complexity index is 2630. The summed E-state index contributed by atoms with van der Waals surface area (Å²) in [6.07, 6.45) is 8.91. The van der Waals surface area contributed by atoms with Crippen LogP contribution in [0.3, 0.4) is 0 Å². The fraction of sp³-hybridized carbons (Fsp3) is 0.408. The van der Waals surface area contributed by atoms with E-state index in [2.05, 4.69) is 31.4 Å². The van der Waals surface area contributed by atoms with Crippen LogP contribution in [0.1, 0.15) is 81.0 Å². The summed E-state index contributed by atoms with van der Waals surface area (Å²) >= 11 is 0. The maximum Gasteiger partial charge on any atom is 0.737 e. The van der Waals surface area contributed by atoms with Crippen LogP contribution in [-0.4, -0.2) is 121 Å². The molecule has 0 saturated carbocycles. The number of Topliss-reactive ketones (excluding diaryl/α,β-unsaturated/α-hetero) is 2. The quantitative estimate of drug-likeness (QED) is 0.0201. The summed E-state index contributed by atoms with van der Waals surface area (Å²) in [6, 6.07) is 19.7. The third-order valence-corrected chi connectivity index (χ3v) is 14.9. The molecule has 1 amide bonds. The number of halogens is 2. The number of rotatable bonds is 27. The van der Waals surface area contributed by atoms with Gasteiger partial charge in [0.15, 0.2) is 17.2 Å². The van der Waals surface area contributed by atoms with E-state index in [9.17, 15) is 27.4 Å². The molecule has 0 fully saturated rings. The number of fused-ring (bicyclic) bond motifs is 2. The van der Waals surface area contributed by atoms with Gasteiger partial charge in [-0.05, 0) is 121 Å². The number of ether oxygens (including phenoxy) is 2. The van der Waals surface area contributed by atoms with Crippen LogP contribution in [-0.2, 0) is 30.9 Å². The first kappa shape index (κ1) is 52.3. The maximum absolute atomic E-state index is 17.7. The van der Waals surface area contributed by atoms with Gasteiger partial charge in [-0.1, -0.05) is 23.3 Å². The minimum Gasteiger partial charge on any atom is -0.748 e. The molecule has 1 unspecified atom stereocenters. The Morgan fingerprint density at radius 2 is 1.51 bits per heavy atom. The van der Waals surface area contributed by atoms with Gasteiger partial charge in [-0.3, -0.25) is 14.4 Å². The van der Waals surface area contributed by atoms with E-state index < -0.39 is 40.6 Å². The molecule has 0 aliphatic carbocycles. The SMILES string of the molecule is COc1ccc(C2=[N+]3C(=Cc4c(CCC[N+](C)(C)C)cc(-c5ccc(OC)cc5)n4[B-]3(F)F)C(CCC(=O)NC(CS(=O)(=O)[O-])C(=O)CCCCCC(=O)CCCSSc3ccccn3)=C2)cc1. The number of aromatic nitrogens is 2. The number of allylic oxidation sites excluding steroid dienone is 2. The van der Waals surface area contributed by atoms with Crippen LogP contribution in [0.15, 0.2) is 101 Å². The molecule has 13 nitrogen and oxygen atoms in total. The van der Waals surface area contributed by atoms with E-state index in [0.717, 1.165) is 44.7 Å². The molecule has 19 heteroatoms. The van der Waals surface area contributed by atoms with E-state index in [1.807, 2.05) is 24.3 Å². The van der Waals surface area contributed by atoms with Crippen molar-refractivity contribution >= 4 is 67.9 Å². The Morgan fingerprint density at radius 3 is 2.15 bits per heavy atom. The normalized spacial score (nSPS) is 14.7. The van der Waals surface area contributed by atoms with E-state index in [0.29, 0.717) is 82.6 Å². The van der Waals surface area contributed by atoms with Gasteiger partial charge in [0.1, 0.15) is 28.4 Å². The van der Waals surface area contributed by atoms with Gasteiger partial charge in [0.2, 0.25) is 5.91 Å². The molecule has 4 heterocycles. The number of nitrogens with zero attached hydrogens (tertiary/aromatic N) is 4. The molecule has 2 aromatic heterocycles. The number of benzene rings is 2. The number of nitrogens with one attached hydrogen (secondary N) is 1. The van der Waals surface area contributed by atoms with Crippen LogP contribution in [0.4, 0.5) is 8.63 Å². The number of amides is 1. The molecule has 2 aliphatic heterocycles. The molecule has 1 atom stereocenters. The highest BCUT2D eigenvalue weighted by atomic mass is 33.1. The summed E-state index contributed by atoms with van der Waals surface area (Å²) < 4.78 is 84.8. The second-order valence-corrected chi connectivity index (χ2v) is 21.9. The highest BCUT2D eigenvalue weighted by Gasteiger charge is 2.55. The smallest absolute Gasteiger partial charge is 0.737 e. The van der Waals surface area contributed by atoms with Crippen molar-refractivity contribution < 1.29 is 54.4 Å². The molecule has 4 aromatic rings. The van der Waals surface area contributed by atoms with Crippen LogP contribution >= 0.6 is 21.6 Å². The van der Waals surface area contributed by atoms with Crippen molar-refractivity contribution in [3.63, 3.8) is 0 Å². The predicted octanol–water partition coefficient (Wildman–Crippen LogP) is 8.34. The lowest BCUT2D eigenvalue weighted by Crippen LogP contribution is -2.51. The minimum atomic E-state index is -4.93. The second-order valence-electron chi connectivity index (χ2n) is 18.0. The number of quaternary nitrogens is 1. The maximum atomic E-state index is 17.7. The van der Waals surface area contributed by atoms with E-state index in [-0.39, 0.29) is 36.5 Å². The number of hydrogen-bond donors (Lipinski definition) is 1. The van der Waals surface area contributed by atoms with E-state index in [1.54, 1.807) is 95.6 Å². The van der Waals surface area contributed by atoms with Gasteiger partial charge in [0, 0.05) is 78.7 Å². The lowest BCUT2D eigenvalue weighted by atomic mass is 9.87. The van der Waals surface area contributed by atoms with Gasteiger partial charge in [-0.2, -0.15) is 0 Å². The van der Waals surface area contributed by atoms with E-state index in [4.69, 9.17) is 9.47 Å². The van der Waals surface area contributed by atoms with Crippen molar-refractivity contribution in [1.82, 2.24) is 14.8 Å². The highest BCUT2D eigenvalue weighted by molar-refractivity contribution is 8.76. The van der Waals surface area contributed by atoms with Crippen LogP contribution in [0, 0.1) is 0 Å². The van der Waals surface area contributed by atoms with Crippen molar-refractivity contribution in [2.24, 2.45) is 0 Å². The molecule has 2 aliphatic rings. The van der Waals surface area contributed by atoms with Gasteiger partial charge in [-0.15, -0.1) is 0 Å². The summed E-state index contributed by atoms with van der Waals surface area (Å²) in [5.74, 6) is -0.396. The molecule has 1 N–H and O–H groups in total. The number of hydrogen-bond acceptors (Lipinski definition) is 11. The Hall–Kier alpha value is -5.08. The molecule has 68 heavy (non-hydrogen) atoms. The Balaban J connectivity index is 1.16. The first-order chi connectivity index (χ1) is 32.4. The van der Waals surface area contributed by atoms with Gasteiger partial charge in [0.25, 0.3) is 0 Å². The molecule has 2 aromatic carbocycles. The van der Waals surface area contributed by atoms with Crippen LogP contribution < -0.4 is 14.8 Å². The van der Waals surface area contributed by atoms with Gasteiger partial charge in [-0.25, -0.2) is 13.4 Å². The van der Waals surface area contributed by atoms with Crippen molar-refractivity contribution in [2.45, 2.75) is 81.7 Å². The van der Waals surface area contributed by atoms with Crippen molar-refractivity contribution in [1.29, 1.82) is 0 Å². The number of methoxy groups -OCH3 is 2. The molecule has 6 rings (SSSR count). The second kappa shape index (κ2) is 23.5. The van der Waals surface area contributed by atoms with Gasteiger partial charge in [0.05, 0.1) is 57.8 Å². The largest absolute Gasteiger partial charge is 0.748 e. The molecule has 0 radical (unpaired) electrons. The number of ketones is 2. The van der Waals surface area contributed by atoms with E-state index in [1.165, 1.54) is 7.11 Å². The standard InChI is InChI=1S/C49H60BF2N5O8S3/c1-57(2,3)29-11-13-37-31-43(35-18-23-40(64-4)24-19-35)55-45(37)33-46-38(32-44(56(46)50(55,51)52)36-20-25-41(65-5)26-21-36)22-27-48(60)54-42(34-68(61,62)63)47(59)16-8-6-7-14-39(58)15-12-30-66-67-49-17-9-10-28-53-49/h9-10,17-21,23-26,28,31-33,42H,6-8,11-16,22,27,29-30,34H2,1-5H3,(H-,54,60,61,62,63). The number of carbonyl (C=O) groups is 3. The van der Waals surface area contributed by atoms with E-state index >= 15 is 8.63 Å². The molecule has 0 spiro atoms. The summed E-state index contributed by atoms with van der Waals surface area (Å²) in [5.41, 5.74) is 3.42. The fourth-order valence-corrected chi connectivity index (χ4v) is 11.0.